The number of aromatic nitrogens is 2. The number of nitrogens with zero attached hydrogens (tertiary/aromatic N) is 4. The van der Waals surface area contributed by atoms with Gasteiger partial charge in [0.2, 0.25) is 5.91 Å². The third-order valence-electron chi connectivity index (χ3n) is 3.70. The van der Waals surface area contributed by atoms with Gasteiger partial charge in [-0.25, -0.2) is 9.99 Å². The van der Waals surface area contributed by atoms with Crippen LogP contribution in [0.15, 0.2) is 23.8 Å². The lowest BCUT2D eigenvalue weighted by Gasteiger charge is -2.27. The van der Waals surface area contributed by atoms with Crippen LogP contribution in [0, 0.1) is 0 Å². The van der Waals surface area contributed by atoms with Gasteiger partial charge in [-0.2, -0.15) is 5.10 Å². The molecule has 1 amide bonds. The smallest absolute Gasteiger partial charge is 0.248 e. The minimum Gasteiger partial charge on any atom is -0.332 e. The topological polar surface area (TPSA) is 50.5 Å². The van der Waals surface area contributed by atoms with Crippen molar-refractivity contribution >= 4 is 11.6 Å². The normalized spacial score (nSPS) is 21.4. The van der Waals surface area contributed by atoms with E-state index < -0.39 is 0 Å². The molecule has 0 bridgehead atoms. The highest BCUT2D eigenvalue weighted by Crippen LogP contribution is 2.26. The molecule has 1 saturated carbocycles. The molecule has 0 radical (unpaired) electrons. The van der Waals surface area contributed by atoms with Crippen molar-refractivity contribution in [1.82, 2.24) is 14.6 Å². The van der Waals surface area contributed by atoms with E-state index in [1.807, 2.05) is 10.8 Å². The minimum atomic E-state index is 0.164. The first-order valence-corrected chi connectivity index (χ1v) is 6.67. The predicted octanol–water partition coefficient (Wildman–Crippen LogP) is 1.80. The van der Waals surface area contributed by atoms with E-state index in [4.69, 9.17) is 0 Å². The highest BCUT2D eigenvalue weighted by molar-refractivity contribution is 6.04. The van der Waals surface area contributed by atoms with Crippen molar-refractivity contribution in [2.75, 3.05) is 0 Å². The molecule has 5 nitrogen and oxygen atoms in total. The molecule has 0 saturated heterocycles. The predicted molar refractivity (Wildman–Crippen MR) is 68.0 cm³/mol. The number of rotatable bonds is 3. The molecule has 0 aromatic carbocycles. The van der Waals surface area contributed by atoms with Gasteiger partial charge in [0.1, 0.15) is 0 Å². The largest absolute Gasteiger partial charge is 0.332 e. The van der Waals surface area contributed by atoms with Crippen molar-refractivity contribution < 1.29 is 4.79 Å². The molecular weight excluding hydrogens is 228 g/mol. The number of carbonyl (C=O) groups is 1. The highest BCUT2D eigenvalue weighted by atomic mass is 16.2. The Bertz CT molecular complexity index is 446. The maximum Gasteiger partial charge on any atom is 0.248 e. The van der Waals surface area contributed by atoms with Gasteiger partial charge in [-0.15, -0.1) is 0 Å². The zero-order chi connectivity index (χ0) is 12.4. The quantitative estimate of drug-likeness (QED) is 0.816. The van der Waals surface area contributed by atoms with Gasteiger partial charge in [0.15, 0.2) is 0 Å². The second-order valence-electron chi connectivity index (χ2n) is 5.11. The average molecular weight is 246 g/mol. The summed E-state index contributed by atoms with van der Waals surface area (Å²) in [6.07, 6.45) is 11.8. The van der Waals surface area contributed by atoms with Crippen LogP contribution in [0.2, 0.25) is 0 Å². The van der Waals surface area contributed by atoms with Gasteiger partial charge in [-0.3, -0.25) is 4.79 Å². The van der Waals surface area contributed by atoms with Crippen molar-refractivity contribution in [1.29, 1.82) is 0 Å². The summed E-state index contributed by atoms with van der Waals surface area (Å²) in [6, 6.07) is 0.339. The standard InChI is InChI=1S/C13H18N4O/c18-13-8-11(9-16-7-6-14-10-16)15-17(13)12-4-2-1-3-5-12/h6-7,10,12H,1-5,8-9H2. The van der Waals surface area contributed by atoms with Crippen LogP contribution in [0.25, 0.3) is 0 Å². The summed E-state index contributed by atoms with van der Waals surface area (Å²) in [5.74, 6) is 0.164. The van der Waals surface area contributed by atoms with Crippen LogP contribution >= 0.6 is 0 Å². The molecule has 2 heterocycles. The molecule has 0 spiro atoms. The van der Waals surface area contributed by atoms with E-state index in [-0.39, 0.29) is 5.91 Å². The molecule has 0 N–H and O–H groups in total. The number of hydrogen-bond donors (Lipinski definition) is 0. The van der Waals surface area contributed by atoms with E-state index in [9.17, 15) is 4.79 Å². The monoisotopic (exact) mass is 246 g/mol. The lowest BCUT2D eigenvalue weighted by molar-refractivity contribution is -0.131. The Kier molecular flexibility index (Phi) is 3.13. The van der Waals surface area contributed by atoms with E-state index in [0.29, 0.717) is 19.0 Å². The molecule has 1 aromatic rings. The molecule has 0 unspecified atom stereocenters. The zero-order valence-corrected chi connectivity index (χ0v) is 10.5. The van der Waals surface area contributed by atoms with Gasteiger partial charge < -0.3 is 4.57 Å². The second-order valence-corrected chi connectivity index (χ2v) is 5.11. The van der Waals surface area contributed by atoms with Crippen LogP contribution in [-0.4, -0.2) is 32.2 Å². The van der Waals surface area contributed by atoms with Crippen molar-refractivity contribution in [2.24, 2.45) is 5.10 Å². The Morgan fingerprint density at radius 3 is 2.83 bits per heavy atom. The minimum absolute atomic E-state index is 0.164. The molecule has 1 aromatic heterocycles. The van der Waals surface area contributed by atoms with E-state index >= 15 is 0 Å². The van der Waals surface area contributed by atoms with Gasteiger partial charge >= 0.3 is 0 Å². The van der Waals surface area contributed by atoms with Gasteiger partial charge in [-0.1, -0.05) is 19.3 Å². The summed E-state index contributed by atoms with van der Waals surface area (Å²) in [4.78, 5) is 16.0. The van der Waals surface area contributed by atoms with Crippen LogP contribution in [0.5, 0.6) is 0 Å². The third-order valence-corrected chi connectivity index (χ3v) is 3.70. The lowest BCUT2D eigenvalue weighted by Crippen LogP contribution is -2.34. The molecule has 18 heavy (non-hydrogen) atoms. The number of carbonyl (C=O) groups excluding carboxylic acids is 1. The summed E-state index contributed by atoms with van der Waals surface area (Å²) in [5.41, 5.74) is 0.948. The second kappa shape index (κ2) is 4.92. The first-order valence-electron chi connectivity index (χ1n) is 6.67. The van der Waals surface area contributed by atoms with Crippen molar-refractivity contribution in [3.63, 3.8) is 0 Å². The summed E-state index contributed by atoms with van der Waals surface area (Å²) >= 11 is 0. The third kappa shape index (κ3) is 2.30. The highest BCUT2D eigenvalue weighted by Gasteiger charge is 2.30. The number of hydrazone groups is 1. The van der Waals surface area contributed by atoms with Gasteiger partial charge in [0.25, 0.3) is 0 Å². The van der Waals surface area contributed by atoms with Crippen LogP contribution in [0.4, 0.5) is 0 Å². The SMILES string of the molecule is O=C1CC(Cn2ccnc2)=NN1C1CCCCC1. The molecule has 5 heteroatoms. The van der Waals surface area contributed by atoms with Crippen LogP contribution in [0.3, 0.4) is 0 Å². The molecule has 0 atom stereocenters. The Morgan fingerprint density at radius 1 is 1.28 bits per heavy atom. The lowest BCUT2D eigenvalue weighted by atomic mass is 9.95. The summed E-state index contributed by atoms with van der Waals surface area (Å²) in [5, 5.41) is 6.26. The summed E-state index contributed by atoms with van der Waals surface area (Å²) in [6.45, 7) is 0.676. The van der Waals surface area contributed by atoms with Gasteiger partial charge in [0, 0.05) is 12.4 Å². The Balaban J connectivity index is 1.68. The average Bonchev–Trinajstić information content (AvgIpc) is 3.01. The van der Waals surface area contributed by atoms with Crippen molar-refractivity contribution in [3.05, 3.63) is 18.7 Å². The Hall–Kier alpha value is -1.65. The van der Waals surface area contributed by atoms with Crippen LogP contribution in [-0.2, 0) is 11.3 Å². The van der Waals surface area contributed by atoms with Crippen molar-refractivity contribution in [3.8, 4) is 0 Å². The Labute approximate surface area is 106 Å². The summed E-state index contributed by atoms with van der Waals surface area (Å²) < 4.78 is 1.95. The van der Waals surface area contributed by atoms with Crippen molar-refractivity contribution in [2.45, 2.75) is 51.1 Å². The van der Waals surface area contributed by atoms with Crippen LogP contribution < -0.4 is 0 Å². The molecule has 2 aliphatic rings. The molecule has 1 aliphatic carbocycles. The molecule has 96 valence electrons. The Morgan fingerprint density at radius 2 is 2.11 bits per heavy atom. The molecule has 3 rings (SSSR count). The first kappa shape index (κ1) is 11.4. The summed E-state index contributed by atoms with van der Waals surface area (Å²) in [7, 11) is 0. The van der Waals surface area contributed by atoms with E-state index in [2.05, 4.69) is 10.1 Å². The number of amides is 1. The maximum atomic E-state index is 12.0. The van der Waals surface area contributed by atoms with Crippen LogP contribution in [0.1, 0.15) is 38.5 Å². The fourth-order valence-corrected chi connectivity index (χ4v) is 2.79. The van der Waals surface area contributed by atoms with E-state index in [1.165, 1.54) is 19.3 Å². The maximum absolute atomic E-state index is 12.0. The molecule has 1 aliphatic heterocycles. The number of imidazole rings is 1. The fraction of sp³-hybridized carbons (Fsp3) is 0.615. The van der Waals surface area contributed by atoms with Gasteiger partial charge in [-0.05, 0) is 12.8 Å². The van der Waals surface area contributed by atoms with Gasteiger partial charge in [0.05, 0.1) is 31.0 Å². The van der Waals surface area contributed by atoms with E-state index in [0.717, 1.165) is 18.6 Å². The number of hydrogen-bond acceptors (Lipinski definition) is 3. The first-order chi connectivity index (χ1) is 8.83. The zero-order valence-electron chi connectivity index (χ0n) is 10.5. The molecule has 1 fully saturated rings. The fourth-order valence-electron chi connectivity index (χ4n) is 2.79. The molecular formula is C13H18N4O. The van der Waals surface area contributed by atoms with E-state index in [1.54, 1.807) is 17.5 Å².